The molecule has 1 rings (SSSR count). The van der Waals surface area contributed by atoms with E-state index in [2.05, 4.69) is 51.8 Å². The second kappa shape index (κ2) is 7.24. The van der Waals surface area contributed by atoms with Crippen LogP contribution in [0.2, 0.25) is 0 Å². The zero-order valence-electron chi connectivity index (χ0n) is 14.5. The standard InChI is InChI=1S/C17H36N2O/c1-16(2,3)10-8-7-9-14(18-17(4,5)6)11-19-12-15(20)13-19/h14-15,18,20H,7-13H2,1-6H3. The van der Waals surface area contributed by atoms with Crippen molar-refractivity contribution in [3.05, 3.63) is 0 Å². The molecule has 0 saturated carbocycles. The lowest BCUT2D eigenvalue weighted by Gasteiger charge is -2.40. The van der Waals surface area contributed by atoms with Crippen LogP contribution in [0.3, 0.4) is 0 Å². The number of nitrogens with zero attached hydrogens (tertiary/aromatic N) is 1. The van der Waals surface area contributed by atoms with Gasteiger partial charge in [0.1, 0.15) is 0 Å². The Hall–Kier alpha value is -0.120. The Morgan fingerprint density at radius 1 is 1.10 bits per heavy atom. The van der Waals surface area contributed by atoms with Gasteiger partial charge < -0.3 is 10.4 Å². The van der Waals surface area contributed by atoms with Gasteiger partial charge >= 0.3 is 0 Å². The van der Waals surface area contributed by atoms with E-state index >= 15 is 0 Å². The minimum atomic E-state index is -0.0915. The highest BCUT2D eigenvalue weighted by Gasteiger charge is 2.27. The number of rotatable bonds is 7. The maximum Gasteiger partial charge on any atom is 0.0793 e. The van der Waals surface area contributed by atoms with Crippen molar-refractivity contribution in [2.75, 3.05) is 19.6 Å². The summed E-state index contributed by atoms with van der Waals surface area (Å²) in [5.74, 6) is 0. The lowest BCUT2D eigenvalue weighted by molar-refractivity contribution is -0.00496. The highest BCUT2D eigenvalue weighted by atomic mass is 16.3. The zero-order chi connectivity index (χ0) is 15.4. The Kier molecular flexibility index (Phi) is 6.49. The molecule has 1 unspecified atom stereocenters. The number of nitrogens with one attached hydrogen (secondary N) is 1. The van der Waals surface area contributed by atoms with E-state index in [1.165, 1.54) is 25.7 Å². The molecule has 0 aromatic carbocycles. The molecular weight excluding hydrogens is 248 g/mol. The second-order valence-corrected chi connectivity index (χ2v) is 8.77. The van der Waals surface area contributed by atoms with Gasteiger partial charge in [0, 0.05) is 31.2 Å². The predicted molar refractivity (Wildman–Crippen MR) is 87.0 cm³/mol. The monoisotopic (exact) mass is 284 g/mol. The van der Waals surface area contributed by atoms with Gasteiger partial charge in [0.05, 0.1) is 6.10 Å². The summed E-state index contributed by atoms with van der Waals surface area (Å²) in [5.41, 5.74) is 0.618. The third kappa shape index (κ3) is 8.23. The van der Waals surface area contributed by atoms with Crippen molar-refractivity contribution in [2.24, 2.45) is 5.41 Å². The Bertz CT molecular complexity index is 272. The molecule has 20 heavy (non-hydrogen) atoms. The fourth-order valence-electron chi connectivity index (χ4n) is 2.87. The summed E-state index contributed by atoms with van der Waals surface area (Å²) >= 11 is 0. The lowest BCUT2D eigenvalue weighted by Crippen LogP contribution is -2.57. The predicted octanol–water partition coefficient (Wildman–Crippen LogP) is 3.03. The summed E-state index contributed by atoms with van der Waals surface area (Å²) in [6, 6.07) is 0.544. The number of aliphatic hydroxyl groups is 1. The number of aliphatic hydroxyl groups excluding tert-OH is 1. The first-order valence-electron chi connectivity index (χ1n) is 8.23. The van der Waals surface area contributed by atoms with Crippen LogP contribution in [-0.2, 0) is 0 Å². The van der Waals surface area contributed by atoms with Gasteiger partial charge in [0.2, 0.25) is 0 Å². The molecule has 1 heterocycles. The van der Waals surface area contributed by atoms with Crippen LogP contribution >= 0.6 is 0 Å². The fraction of sp³-hybridized carbons (Fsp3) is 1.00. The van der Waals surface area contributed by atoms with Gasteiger partial charge in [0.15, 0.2) is 0 Å². The minimum Gasteiger partial charge on any atom is -0.390 e. The van der Waals surface area contributed by atoms with Gasteiger partial charge in [-0.15, -0.1) is 0 Å². The van der Waals surface area contributed by atoms with E-state index in [9.17, 15) is 5.11 Å². The van der Waals surface area contributed by atoms with Crippen LogP contribution in [0.15, 0.2) is 0 Å². The topological polar surface area (TPSA) is 35.5 Å². The van der Waals surface area contributed by atoms with E-state index in [0.29, 0.717) is 11.5 Å². The molecule has 1 fully saturated rings. The Morgan fingerprint density at radius 3 is 2.15 bits per heavy atom. The van der Waals surface area contributed by atoms with Gasteiger partial charge in [-0.25, -0.2) is 0 Å². The highest BCUT2D eigenvalue weighted by Crippen LogP contribution is 2.23. The summed E-state index contributed by atoms with van der Waals surface area (Å²) < 4.78 is 0. The molecule has 0 bridgehead atoms. The average Bonchev–Trinajstić information content (AvgIpc) is 2.18. The van der Waals surface area contributed by atoms with E-state index in [-0.39, 0.29) is 11.6 Å². The first-order valence-corrected chi connectivity index (χ1v) is 8.23. The number of hydrogen-bond acceptors (Lipinski definition) is 3. The van der Waals surface area contributed by atoms with Crippen molar-refractivity contribution >= 4 is 0 Å². The molecule has 0 spiro atoms. The van der Waals surface area contributed by atoms with Gasteiger partial charge in [0.25, 0.3) is 0 Å². The first-order chi connectivity index (χ1) is 9.05. The normalized spacial score (nSPS) is 19.9. The van der Waals surface area contributed by atoms with Crippen molar-refractivity contribution in [1.82, 2.24) is 10.2 Å². The summed E-state index contributed by atoms with van der Waals surface area (Å²) in [6.45, 7) is 16.4. The quantitative estimate of drug-likeness (QED) is 0.705. The number of β-amino-alcohol motifs (C(OH)–C–C–N with tert-alkyl or cyclic N) is 1. The smallest absolute Gasteiger partial charge is 0.0793 e. The van der Waals surface area contributed by atoms with Crippen LogP contribution in [0.4, 0.5) is 0 Å². The van der Waals surface area contributed by atoms with E-state index in [4.69, 9.17) is 0 Å². The van der Waals surface area contributed by atoms with E-state index < -0.39 is 0 Å². The summed E-state index contributed by atoms with van der Waals surface area (Å²) in [5, 5.41) is 13.1. The lowest BCUT2D eigenvalue weighted by atomic mass is 9.89. The molecule has 1 aliphatic heterocycles. The summed E-state index contributed by atoms with van der Waals surface area (Å²) in [4.78, 5) is 2.36. The molecule has 1 aliphatic rings. The van der Waals surface area contributed by atoms with Crippen LogP contribution in [0.5, 0.6) is 0 Å². The number of likely N-dealkylation sites (tertiary alicyclic amines) is 1. The molecule has 0 aliphatic carbocycles. The molecular formula is C17H36N2O. The molecule has 2 N–H and O–H groups in total. The summed E-state index contributed by atoms with van der Waals surface area (Å²) in [7, 11) is 0. The minimum absolute atomic E-state index is 0.0915. The maximum atomic E-state index is 9.41. The third-order valence-corrected chi connectivity index (χ3v) is 3.78. The van der Waals surface area contributed by atoms with Crippen molar-refractivity contribution in [3.8, 4) is 0 Å². The van der Waals surface area contributed by atoms with Crippen molar-refractivity contribution in [1.29, 1.82) is 0 Å². The van der Waals surface area contributed by atoms with Crippen LogP contribution in [0.25, 0.3) is 0 Å². The summed E-state index contributed by atoms with van der Waals surface area (Å²) in [6.07, 6.45) is 5.05. The van der Waals surface area contributed by atoms with Crippen LogP contribution in [-0.4, -0.2) is 47.3 Å². The van der Waals surface area contributed by atoms with Crippen molar-refractivity contribution in [3.63, 3.8) is 0 Å². The maximum absolute atomic E-state index is 9.41. The molecule has 0 aromatic rings. The van der Waals surface area contributed by atoms with Crippen LogP contribution < -0.4 is 5.32 Å². The van der Waals surface area contributed by atoms with Crippen LogP contribution in [0, 0.1) is 5.41 Å². The second-order valence-electron chi connectivity index (χ2n) is 8.77. The Labute approximate surface area is 126 Å². The van der Waals surface area contributed by atoms with E-state index in [0.717, 1.165) is 19.6 Å². The van der Waals surface area contributed by atoms with Gasteiger partial charge in [-0.05, 0) is 39.0 Å². The number of unbranched alkanes of at least 4 members (excludes halogenated alkanes) is 1. The first kappa shape index (κ1) is 17.9. The van der Waals surface area contributed by atoms with Gasteiger partial charge in [-0.2, -0.15) is 0 Å². The third-order valence-electron chi connectivity index (χ3n) is 3.78. The van der Waals surface area contributed by atoms with Crippen LogP contribution in [0.1, 0.15) is 67.2 Å². The van der Waals surface area contributed by atoms with Crippen molar-refractivity contribution in [2.45, 2.75) is 84.9 Å². The highest BCUT2D eigenvalue weighted by molar-refractivity contribution is 4.86. The largest absolute Gasteiger partial charge is 0.390 e. The van der Waals surface area contributed by atoms with Crippen molar-refractivity contribution < 1.29 is 5.11 Å². The van der Waals surface area contributed by atoms with Gasteiger partial charge in [-0.3, -0.25) is 4.90 Å². The SMILES string of the molecule is CC(C)(C)CCCCC(CN1CC(O)C1)NC(C)(C)C. The molecule has 0 aromatic heterocycles. The number of hydrogen-bond donors (Lipinski definition) is 2. The fourth-order valence-corrected chi connectivity index (χ4v) is 2.87. The molecule has 1 saturated heterocycles. The molecule has 120 valence electrons. The Morgan fingerprint density at radius 2 is 1.70 bits per heavy atom. The molecule has 3 heteroatoms. The van der Waals surface area contributed by atoms with E-state index in [1.807, 2.05) is 0 Å². The molecule has 3 nitrogen and oxygen atoms in total. The van der Waals surface area contributed by atoms with E-state index in [1.54, 1.807) is 0 Å². The average molecular weight is 284 g/mol. The molecule has 0 amide bonds. The Balaban J connectivity index is 2.30. The van der Waals surface area contributed by atoms with Gasteiger partial charge in [-0.1, -0.05) is 33.6 Å². The molecule has 0 radical (unpaired) electrons. The zero-order valence-corrected chi connectivity index (χ0v) is 14.5. The molecule has 1 atom stereocenters.